The molecular formula is C34H42F5NO7. The molecule has 6 rings (SSSR count). The minimum atomic E-state index is -5.93. The quantitative estimate of drug-likeness (QED) is 0.140. The van der Waals surface area contributed by atoms with Crippen molar-refractivity contribution in [2.45, 2.75) is 107 Å². The molecule has 3 saturated carbocycles. The van der Waals surface area contributed by atoms with E-state index in [1.165, 1.54) is 13.1 Å². The maximum absolute atomic E-state index is 15.3. The van der Waals surface area contributed by atoms with E-state index in [-0.39, 0.29) is 31.1 Å². The van der Waals surface area contributed by atoms with Crippen molar-refractivity contribution >= 4 is 12.2 Å². The van der Waals surface area contributed by atoms with E-state index in [0.717, 1.165) is 11.1 Å². The van der Waals surface area contributed by atoms with Gasteiger partial charge in [0.05, 0.1) is 25.0 Å². The molecule has 0 amide bonds. The van der Waals surface area contributed by atoms with Crippen LogP contribution in [-0.2, 0) is 19.1 Å². The average Bonchev–Trinajstić information content (AvgIpc) is 3.27. The van der Waals surface area contributed by atoms with Crippen molar-refractivity contribution in [1.29, 1.82) is 0 Å². The normalized spacial score (nSPS) is 36.6. The van der Waals surface area contributed by atoms with Gasteiger partial charge in [0, 0.05) is 29.6 Å². The van der Waals surface area contributed by atoms with Crippen molar-refractivity contribution in [2.24, 2.45) is 27.8 Å². The molecule has 1 aliphatic heterocycles. The van der Waals surface area contributed by atoms with E-state index in [0.29, 0.717) is 43.6 Å². The van der Waals surface area contributed by atoms with Gasteiger partial charge >= 0.3 is 18.1 Å². The first-order chi connectivity index (χ1) is 21.8. The number of aliphatic hydroxyl groups is 2. The maximum Gasteiger partial charge on any atom is 0.456 e. The highest BCUT2D eigenvalue weighted by Gasteiger charge is 2.79. The van der Waals surface area contributed by atoms with Crippen molar-refractivity contribution in [3.8, 4) is 0 Å². The van der Waals surface area contributed by atoms with Crippen LogP contribution in [0.4, 0.5) is 22.0 Å². The van der Waals surface area contributed by atoms with Gasteiger partial charge in [-0.05, 0) is 67.1 Å². The first-order valence-corrected chi connectivity index (χ1v) is 16.1. The lowest BCUT2D eigenvalue weighted by atomic mass is 9.49. The van der Waals surface area contributed by atoms with Crippen LogP contribution >= 0.6 is 0 Å². The third-order valence-electron chi connectivity index (χ3n) is 11.7. The fourth-order valence-corrected chi connectivity index (χ4v) is 9.31. The summed E-state index contributed by atoms with van der Waals surface area (Å²) in [6.45, 7) is 5.74. The molecule has 1 saturated heterocycles. The molecule has 5 aliphatic rings. The Hall–Kier alpha value is -2.61. The van der Waals surface area contributed by atoms with Gasteiger partial charge in [0.25, 0.3) is 0 Å². The molecule has 1 heterocycles. The van der Waals surface area contributed by atoms with Gasteiger partial charge in [0.15, 0.2) is 5.79 Å². The third-order valence-corrected chi connectivity index (χ3v) is 11.7. The van der Waals surface area contributed by atoms with Crippen LogP contribution in [0.3, 0.4) is 0 Å². The molecule has 260 valence electrons. The molecule has 0 bridgehead atoms. The fraction of sp³-hybridized carbons (Fsp3) is 0.706. The van der Waals surface area contributed by atoms with Crippen LogP contribution in [0, 0.1) is 22.7 Å². The second kappa shape index (κ2) is 11.2. The summed E-state index contributed by atoms with van der Waals surface area (Å²) in [6.07, 6.45) is -3.79. The zero-order valence-electron chi connectivity index (χ0n) is 26.7. The summed E-state index contributed by atoms with van der Waals surface area (Å²) in [4.78, 5) is 15.4. The number of oxime groups is 1. The second-order valence-electron chi connectivity index (χ2n) is 15.3. The summed E-state index contributed by atoms with van der Waals surface area (Å²) >= 11 is 0. The second-order valence-corrected chi connectivity index (χ2v) is 15.3. The Labute approximate surface area is 269 Å². The lowest BCUT2D eigenvalue weighted by Crippen LogP contribution is -2.65. The Bertz CT molecular complexity index is 1450. The zero-order chi connectivity index (χ0) is 34.3. The lowest BCUT2D eigenvalue weighted by molar-refractivity contribution is -0.362. The number of halogens is 5. The molecule has 0 radical (unpaired) electrons. The number of hydrogen-bond acceptors (Lipinski definition) is 7. The third kappa shape index (κ3) is 5.49. The highest BCUT2D eigenvalue weighted by atomic mass is 19.4. The van der Waals surface area contributed by atoms with Gasteiger partial charge in [0.2, 0.25) is 6.61 Å². The number of fused-ring (bicyclic) bond motifs is 4. The molecule has 1 aromatic carbocycles. The summed E-state index contributed by atoms with van der Waals surface area (Å²) in [5, 5.41) is 36.2. The molecule has 0 aromatic heterocycles. The van der Waals surface area contributed by atoms with Crippen molar-refractivity contribution < 1.29 is 56.4 Å². The van der Waals surface area contributed by atoms with Crippen molar-refractivity contribution in [3.63, 3.8) is 0 Å². The lowest BCUT2D eigenvalue weighted by Gasteiger charge is -2.59. The number of carboxylic acid groups (broad SMARTS) is 1. The molecule has 1 aromatic rings. The molecule has 3 N–H and O–H groups in total. The Morgan fingerprint density at radius 2 is 1.68 bits per heavy atom. The summed E-state index contributed by atoms with van der Waals surface area (Å²) in [5.41, 5.74) is -3.77. The number of carbonyl (C=O) groups is 1. The number of rotatable bonds is 6. The Kier molecular flexibility index (Phi) is 8.17. The largest absolute Gasteiger partial charge is 0.479 e. The summed E-state index contributed by atoms with van der Waals surface area (Å²) < 4.78 is 84.8. The standard InChI is InChI=1S/C34H42F5NO7/c1-28(2)18-45-31(46-19-28)12-9-25-27-22(8-11-30(25,43)17-31)24-10-13-32(44,33(35,36)34(37,38)39)29(24,3)14-23(27)21-6-4-20(5-7-21)15-40-47-16-26(41)42/h4-7,15,22-24,43-44H,8-14,16-19H2,1-3H3,(H,41,42)/b40-15+/t22-,23+,24-,29-,30+,32-/m0/s1. The highest BCUT2D eigenvalue weighted by Crippen LogP contribution is 2.71. The van der Waals surface area contributed by atoms with Gasteiger partial charge in [-0.15, -0.1) is 0 Å². The number of ether oxygens (including phenoxy) is 2. The molecule has 8 nitrogen and oxygen atoms in total. The van der Waals surface area contributed by atoms with Crippen LogP contribution in [0.25, 0.3) is 0 Å². The van der Waals surface area contributed by atoms with Gasteiger partial charge in [-0.2, -0.15) is 22.0 Å². The minimum Gasteiger partial charge on any atom is -0.479 e. The number of nitrogens with zero attached hydrogens (tertiary/aromatic N) is 1. The van der Waals surface area contributed by atoms with E-state index in [1.807, 2.05) is 13.8 Å². The highest BCUT2D eigenvalue weighted by molar-refractivity contribution is 5.79. The fourth-order valence-electron chi connectivity index (χ4n) is 9.31. The van der Waals surface area contributed by atoms with Crippen LogP contribution in [0.2, 0.25) is 0 Å². The molecule has 13 heteroatoms. The smallest absolute Gasteiger partial charge is 0.456 e. The van der Waals surface area contributed by atoms with E-state index in [1.54, 1.807) is 24.3 Å². The first-order valence-electron chi connectivity index (χ1n) is 16.1. The predicted molar refractivity (Wildman–Crippen MR) is 159 cm³/mol. The number of carboxylic acids is 1. The predicted octanol–water partition coefficient (Wildman–Crippen LogP) is 6.34. The molecular weight excluding hydrogens is 629 g/mol. The maximum atomic E-state index is 15.3. The minimum absolute atomic E-state index is 0.00223. The van der Waals surface area contributed by atoms with E-state index in [2.05, 4.69) is 5.16 Å². The molecule has 0 unspecified atom stereocenters. The Balaban J connectivity index is 1.41. The first kappa shape index (κ1) is 34.3. The molecule has 47 heavy (non-hydrogen) atoms. The van der Waals surface area contributed by atoms with E-state index >= 15 is 8.78 Å². The summed E-state index contributed by atoms with van der Waals surface area (Å²) in [5.74, 6) is -9.22. The van der Waals surface area contributed by atoms with Crippen LogP contribution in [0.1, 0.15) is 89.2 Å². The zero-order valence-corrected chi connectivity index (χ0v) is 26.7. The Morgan fingerprint density at radius 3 is 2.30 bits per heavy atom. The molecule has 1 spiro atoms. The average molecular weight is 672 g/mol. The van der Waals surface area contributed by atoms with Crippen molar-refractivity contribution in [3.05, 3.63) is 46.5 Å². The van der Waals surface area contributed by atoms with Crippen molar-refractivity contribution in [1.82, 2.24) is 0 Å². The van der Waals surface area contributed by atoms with Gasteiger partial charge in [-0.25, -0.2) is 4.79 Å². The van der Waals surface area contributed by atoms with Gasteiger partial charge in [-0.3, -0.25) is 0 Å². The number of benzene rings is 1. The molecule has 4 fully saturated rings. The number of hydrogen-bond donors (Lipinski definition) is 3. The van der Waals surface area contributed by atoms with Crippen LogP contribution in [-0.4, -0.2) is 76.4 Å². The van der Waals surface area contributed by atoms with Gasteiger partial charge < -0.3 is 29.6 Å². The van der Waals surface area contributed by atoms with E-state index in [4.69, 9.17) is 19.4 Å². The monoisotopic (exact) mass is 671 g/mol. The number of aliphatic carboxylic acids is 1. The number of alkyl halides is 5. The van der Waals surface area contributed by atoms with E-state index in [9.17, 15) is 28.2 Å². The molecule has 6 atom stereocenters. The summed E-state index contributed by atoms with van der Waals surface area (Å²) in [6, 6.07) is 6.78. The van der Waals surface area contributed by atoms with Gasteiger partial charge in [-0.1, -0.05) is 55.8 Å². The van der Waals surface area contributed by atoms with Gasteiger partial charge in [0.1, 0.15) is 5.60 Å². The number of allylic oxidation sites excluding steroid dienone is 1. The topological polar surface area (TPSA) is 118 Å². The van der Waals surface area contributed by atoms with Crippen LogP contribution in [0.5, 0.6) is 0 Å². The summed E-state index contributed by atoms with van der Waals surface area (Å²) in [7, 11) is 0. The Morgan fingerprint density at radius 1 is 1.02 bits per heavy atom. The van der Waals surface area contributed by atoms with E-state index < -0.39 is 71.3 Å². The SMILES string of the molecule is CC1(C)COC2(CCC3=C4[C@@H](CC[C@@]3(O)C2)[C@@H]2CC[C@@](O)(C(F)(F)C(F)(F)F)[C@@]2(C)C[C@@H]4c2ccc(/C=N/OCC(=O)O)cc2)OC1. The van der Waals surface area contributed by atoms with Crippen molar-refractivity contribution in [2.75, 3.05) is 19.8 Å². The van der Waals surface area contributed by atoms with Crippen LogP contribution < -0.4 is 0 Å². The molecule has 4 aliphatic carbocycles. The van der Waals surface area contributed by atoms with Crippen LogP contribution in [0.15, 0.2) is 40.6 Å².